The molecule has 2 aliphatic rings. The Bertz CT molecular complexity index is 2910. The van der Waals surface area contributed by atoms with E-state index in [1.165, 1.54) is 100 Å². The van der Waals surface area contributed by atoms with E-state index in [1.54, 1.807) is 0 Å². The number of nitrogens with zero attached hydrogens (tertiary/aromatic N) is 2. The lowest BCUT2D eigenvalue weighted by atomic mass is 9.33. The van der Waals surface area contributed by atoms with Crippen molar-refractivity contribution in [2.45, 2.75) is 131 Å². The van der Waals surface area contributed by atoms with Gasteiger partial charge in [-0.25, -0.2) is 0 Å². The summed E-state index contributed by atoms with van der Waals surface area (Å²) in [7, 11) is 0. The lowest BCUT2D eigenvalue weighted by Gasteiger charge is -2.46. The first kappa shape index (κ1) is 42.8. The van der Waals surface area contributed by atoms with Gasteiger partial charge in [-0.1, -0.05) is 189 Å². The van der Waals surface area contributed by atoms with Crippen molar-refractivity contribution in [2.24, 2.45) is 0 Å². The summed E-state index contributed by atoms with van der Waals surface area (Å²) in [5, 5.41) is 2.52. The molecule has 0 atom stereocenters. The second kappa shape index (κ2) is 14.5. The number of rotatable bonds is 3. The molecule has 0 N–H and O–H groups in total. The van der Waals surface area contributed by atoms with Crippen molar-refractivity contribution in [3.05, 3.63) is 161 Å². The molecule has 0 aliphatic carbocycles. The normalized spacial score (nSPS) is 14.2. The van der Waals surface area contributed by atoms with E-state index >= 15 is 0 Å². The molecule has 2 heterocycles. The molecule has 0 unspecified atom stereocenters. The van der Waals surface area contributed by atoms with E-state index in [9.17, 15) is 0 Å². The molecule has 7 aromatic carbocycles. The second-order valence-electron chi connectivity index (χ2n) is 23.6. The maximum absolute atomic E-state index is 2.65. The highest BCUT2D eigenvalue weighted by atomic mass is 15.2. The zero-order chi connectivity index (χ0) is 45.2. The van der Waals surface area contributed by atoms with E-state index in [-0.39, 0.29) is 33.8 Å². The van der Waals surface area contributed by atoms with Crippen LogP contribution in [0.5, 0.6) is 0 Å². The number of benzene rings is 7. The standard InChI is InChI=1S/C60H67BN2/c1-56(2,3)39-23-28-44(29-24-39)62-51-31-26-41(58(7,8)9)34-48(51)61-49-35-42(59(10,11)12)27-32-52(49)63(54-37-43(60(13,14)15)36-53(62)55(54)61)50-30-25-40(57(4,5)6)33-47(50)46-22-18-20-38-19-16-17-21-45(38)46/h16-37H,1-15H3. The predicted molar refractivity (Wildman–Crippen MR) is 277 cm³/mol. The van der Waals surface area contributed by atoms with Crippen LogP contribution >= 0.6 is 0 Å². The van der Waals surface area contributed by atoms with Gasteiger partial charge in [0.05, 0.1) is 5.69 Å². The van der Waals surface area contributed by atoms with E-state index in [1.807, 2.05) is 0 Å². The average Bonchev–Trinajstić information content (AvgIpc) is 3.21. The minimum absolute atomic E-state index is 0.0215. The van der Waals surface area contributed by atoms with Gasteiger partial charge >= 0.3 is 0 Å². The first-order valence-electron chi connectivity index (χ1n) is 23.2. The molecule has 0 fully saturated rings. The third kappa shape index (κ3) is 7.40. The van der Waals surface area contributed by atoms with E-state index in [0.717, 1.165) is 0 Å². The van der Waals surface area contributed by atoms with Crippen LogP contribution in [0.25, 0.3) is 21.9 Å². The van der Waals surface area contributed by atoms with Crippen molar-refractivity contribution in [2.75, 3.05) is 9.80 Å². The molecule has 2 aliphatic heterocycles. The number of hydrogen-bond donors (Lipinski definition) is 0. The topological polar surface area (TPSA) is 6.48 Å². The van der Waals surface area contributed by atoms with E-state index in [0.29, 0.717) is 0 Å². The summed E-state index contributed by atoms with van der Waals surface area (Å²) in [6.07, 6.45) is 0. The molecule has 0 amide bonds. The number of hydrogen-bond acceptors (Lipinski definition) is 2. The highest BCUT2D eigenvalue weighted by Crippen LogP contribution is 2.50. The molecule has 63 heavy (non-hydrogen) atoms. The molecular formula is C60H67BN2. The Morgan fingerprint density at radius 3 is 1.32 bits per heavy atom. The lowest BCUT2D eigenvalue weighted by Crippen LogP contribution is -2.62. The van der Waals surface area contributed by atoms with Crippen LogP contribution in [-0.2, 0) is 27.1 Å². The molecular weight excluding hydrogens is 759 g/mol. The van der Waals surface area contributed by atoms with Gasteiger partial charge in [0.2, 0.25) is 0 Å². The minimum atomic E-state index is -0.115. The third-order valence-electron chi connectivity index (χ3n) is 13.8. The maximum atomic E-state index is 2.65. The Morgan fingerprint density at radius 2 is 0.778 bits per heavy atom. The highest BCUT2D eigenvalue weighted by Gasteiger charge is 2.45. The minimum Gasteiger partial charge on any atom is -0.311 e. The number of fused-ring (bicyclic) bond motifs is 5. The monoisotopic (exact) mass is 827 g/mol. The molecule has 7 aromatic rings. The van der Waals surface area contributed by atoms with Crippen LogP contribution < -0.4 is 26.2 Å². The van der Waals surface area contributed by atoms with Gasteiger partial charge in [0, 0.05) is 34.0 Å². The summed E-state index contributed by atoms with van der Waals surface area (Å²) in [5.74, 6) is 0. The Labute approximate surface area is 379 Å². The molecule has 0 saturated heterocycles. The SMILES string of the molecule is CC(C)(C)c1ccc(N2c3ccc(C(C)(C)C)cc3B3c4cc(C(C)(C)C)ccc4N(c4ccc(C(C)(C)C)cc4-c4cccc5ccccc45)c4cc(C(C)(C)C)cc2c43)cc1. The van der Waals surface area contributed by atoms with Crippen LogP contribution in [-0.4, -0.2) is 6.71 Å². The van der Waals surface area contributed by atoms with Crippen LogP contribution in [0.2, 0.25) is 0 Å². The van der Waals surface area contributed by atoms with Gasteiger partial charge in [0.15, 0.2) is 0 Å². The van der Waals surface area contributed by atoms with Crippen LogP contribution in [0.4, 0.5) is 34.1 Å². The highest BCUT2D eigenvalue weighted by molar-refractivity contribution is 7.00. The fraction of sp³-hybridized carbons (Fsp3) is 0.333. The van der Waals surface area contributed by atoms with Crippen molar-refractivity contribution in [1.29, 1.82) is 0 Å². The molecule has 0 bridgehead atoms. The van der Waals surface area contributed by atoms with Gasteiger partial charge in [0.25, 0.3) is 6.71 Å². The Kier molecular flexibility index (Phi) is 9.84. The summed E-state index contributed by atoms with van der Waals surface area (Å²) in [6.45, 7) is 35.1. The smallest absolute Gasteiger partial charge is 0.252 e. The molecule has 9 rings (SSSR count). The fourth-order valence-electron chi connectivity index (χ4n) is 9.89. The number of anilines is 6. The molecule has 0 aromatic heterocycles. The molecule has 0 spiro atoms. The van der Waals surface area contributed by atoms with Gasteiger partial charge < -0.3 is 9.80 Å². The summed E-state index contributed by atoms with van der Waals surface area (Å²) in [5.41, 5.74) is 20.5. The van der Waals surface area contributed by atoms with E-state index in [4.69, 9.17) is 0 Å². The Hall–Kier alpha value is -5.54. The second-order valence-corrected chi connectivity index (χ2v) is 23.6. The lowest BCUT2D eigenvalue weighted by molar-refractivity contribution is 0.589. The maximum Gasteiger partial charge on any atom is 0.252 e. The first-order chi connectivity index (χ1) is 29.4. The van der Waals surface area contributed by atoms with Gasteiger partial charge in [-0.3, -0.25) is 0 Å². The van der Waals surface area contributed by atoms with Crippen LogP contribution in [0.15, 0.2) is 133 Å². The van der Waals surface area contributed by atoms with Gasteiger partial charge in [-0.2, -0.15) is 0 Å². The van der Waals surface area contributed by atoms with E-state index < -0.39 is 0 Å². The van der Waals surface area contributed by atoms with Crippen molar-refractivity contribution in [3.8, 4) is 11.1 Å². The predicted octanol–water partition coefficient (Wildman–Crippen LogP) is 15.1. The zero-order valence-electron chi connectivity index (χ0n) is 40.7. The van der Waals surface area contributed by atoms with Crippen molar-refractivity contribution in [3.63, 3.8) is 0 Å². The Morgan fingerprint density at radius 1 is 0.333 bits per heavy atom. The van der Waals surface area contributed by atoms with Crippen LogP contribution in [0.3, 0.4) is 0 Å². The van der Waals surface area contributed by atoms with Crippen molar-refractivity contribution in [1.82, 2.24) is 0 Å². The average molecular weight is 827 g/mol. The molecule has 0 radical (unpaired) electrons. The zero-order valence-corrected chi connectivity index (χ0v) is 40.7. The van der Waals surface area contributed by atoms with Crippen molar-refractivity contribution >= 4 is 68.0 Å². The summed E-state index contributed by atoms with van der Waals surface area (Å²) < 4.78 is 0. The fourth-order valence-corrected chi connectivity index (χ4v) is 9.89. The van der Waals surface area contributed by atoms with Gasteiger partial charge in [-0.15, -0.1) is 0 Å². The molecule has 2 nitrogen and oxygen atoms in total. The quantitative estimate of drug-likeness (QED) is 0.164. The van der Waals surface area contributed by atoms with Crippen molar-refractivity contribution < 1.29 is 0 Å². The summed E-state index contributed by atoms with van der Waals surface area (Å²) >= 11 is 0. The van der Waals surface area contributed by atoms with Gasteiger partial charge in [-0.05, 0) is 136 Å². The Balaban J connectivity index is 1.44. The van der Waals surface area contributed by atoms with Crippen LogP contribution in [0, 0.1) is 0 Å². The van der Waals surface area contributed by atoms with Crippen LogP contribution in [0.1, 0.15) is 132 Å². The third-order valence-corrected chi connectivity index (χ3v) is 13.8. The van der Waals surface area contributed by atoms with E-state index in [2.05, 4.69) is 247 Å². The largest absolute Gasteiger partial charge is 0.311 e. The van der Waals surface area contributed by atoms with Gasteiger partial charge in [0.1, 0.15) is 0 Å². The molecule has 320 valence electrons. The molecule has 0 saturated carbocycles. The summed E-state index contributed by atoms with van der Waals surface area (Å²) in [4.78, 5) is 5.24. The summed E-state index contributed by atoms with van der Waals surface area (Å²) in [6, 6.07) is 52.2. The molecule has 3 heteroatoms. The first-order valence-corrected chi connectivity index (χ1v) is 23.2.